The molecule has 3 aromatic heterocycles. The van der Waals surface area contributed by atoms with Crippen LogP contribution in [0.15, 0.2) is 86.8 Å². The van der Waals surface area contributed by atoms with Crippen molar-refractivity contribution >= 4 is 102 Å². The summed E-state index contributed by atoms with van der Waals surface area (Å²) in [6.07, 6.45) is 1.80. The molecule has 6 aromatic rings. The first kappa shape index (κ1) is 25.8. The van der Waals surface area contributed by atoms with Gasteiger partial charge < -0.3 is 19.9 Å². The highest BCUT2D eigenvalue weighted by molar-refractivity contribution is 6.55. The molecule has 3 aromatic carbocycles. The van der Waals surface area contributed by atoms with E-state index in [9.17, 15) is 0 Å². The molecule has 3 aliphatic heterocycles. The lowest BCUT2D eigenvalue weighted by molar-refractivity contribution is 1.08. The number of nitrogens with one attached hydrogen (secondary N) is 4. The van der Waals surface area contributed by atoms with Crippen molar-refractivity contribution < 1.29 is 0 Å². The van der Waals surface area contributed by atoms with E-state index in [-0.39, 0.29) is 20.1 Å². The van der Waals surface area contributed by atoms with Gasteiger partial charge in [0.25, 0.3) is 0 Å². The fourth-order valence-electron chi connectivity index (χ4n) is 5.75. The molecule has 6 heterocycles. The maximum atomic E-state index is 6.81. The second kappa shape index (κ2) is 9.41. The summed E-state index contributed by atoms with van der Waals surface area (Å²) >= 11 is 26.7. The minimum Gasteiger partial charge on any atom is -0.358 e. The van der Waals surface area contributed by atoms with Crippen molar-refractivity contribution in [3.63, 3.8) is 0 Å². The number of hydrogen-bond acceptors (Lipinski definition) is 5. The van der Waals surface area contributed by atoms with Gasteiger partial charge in [0.2, 0.25) is 0 Å². The standard InChI is InChI=1S/C31H15Cl4N9/c32-19-17-18(20(33)22(35)21(19)34)30-43-29(17)41-27-15-9-4-3-8-14(15)25(39-27)37-24-12-6-1-2-7-13(12)26(38-24)40-28-16-10-5-11-36-23(16)31(42-28)44-30/h1-11,36,39H,(H,41,43,44)(H,37,38,40,42). The zero-order valence-corrected chi connectivity index (χ0v) is 25.1. The fourth-order valence-corrected chi connectivity index (χ4v) is 6.78. The Hall–Kier alpha value is -4.67. The molecule has 0 atom stereocenters. The lowest BCUT2D eigenvalue weighted by Crippen LogP contribution is -2.10. The van der Waals surface area contributed by atoms with E-state index in [1.807, 2.05) is 60.7 Å². The Morgan fingerprint density at radius 1 is 0.477 bits per heavy atom. The van der Waals surface area contributed by atoms with E-state index >= 15 is 0 Å². The van der Waals surface area contributed by atoms with Crippen LogP contribution in [0.5, 0.6) is 0 Å². The number of benzene rings is 3. The summed E-state index contributed by atoms with van der Waals surface area (Å²) < 4.78 is 0. The van der Waals surface area contributed by atoms with E-state index in [2.05, 4.69) is 19.9 Å². The molecule has 8 bridgehead atoms. The van der Waals surface area contributed by atoms with Crippen molar-refractivity contribution in [1.29, 1.82) is 0 Å². The molecule has 9 nitrogen and oxygen atoms in total. The Balaban J connectivity index is 1.52. The van der Waals surface area contributed by atoms with Gasteiger partial charge in [-0.2, -0.15) is 0 Å². The summed E-state index contributed by atoms with van der Waals surface area (Å²) in [5, 5.41) is 5.07. The summed E-state index contributed by atoms with van der Waals surface area (Å²) in [5.41, 5.74) is 3.45. The van der Waals surface area contributed by atoms with Gasteiger partial charge in [0.1, 0.15) is 33.6 Å². The van der Waals surface area contributed by atoms with E-state index in [0.29, 0.717) is 61.7 Å². The van der Waals surface area contributed by atoms with Crippen LogP contribution in [0.3, 0.4) is 0 Å². The van der Waals surface area contributed by atoms with Gasteiger partial charge in [0.15, 0.2) is 11.6 Å². The van der Waals surface area contributed by atoms with Crippen LogP contribution in [0.4, 0.5) is 23.3 Å². The normalized spacial score (nSPS) is 12.8. The predicted molar refractivity (Wildman–Crippen MR) is 173 cm³/mol. The van der Waals surface area contributed by atoms with Gasteiger partial charge in [-0.1, -0.05) is 94.9 Å². The average Bonchev–Trinajstić information content (AvgIpc) is 3.78. The highest BCUT2D eigenvalue weighted by Gasteiger charge is 2.23. The van der Waals surface area contributed by atoms with Gasteiger partial charge in [-0.3, -0.25) is 0 Å². The molecular weight excluding hydrogens is 640 g/mol. The number of H-pyrrole nitrogens is 4. The largest absolute Gasteiger partial charge is 0.358 e. The summed E-state index contributed by atoms with van der Waals surface area (Å²) in [6.45, 7) is 0. The molecule has 0 amide bonds. The summed E-state index contributed by atoms with van der Waals surface area (Å²) in [6, 6.07) is 19.6. The smallest absolute Gasteiger partial charge is 0.180 e. The van der Waals surface area contributed by atoms with Crippen molar-refractivity contribution in [3.05, 3.63) is 109 Å². The number of aromatic amines is 4. The van der Waals surface area contributed by atoms with Gasteiger partial charge in [-0.05, 0) is 12.1 Å². The fraction of sp³-hybridized carbons (Fsp3) is 0. The van der Waals surface area contributed by atoms with Crippen molar-refractivity contribution in [3.8, 4) is 11.3 Å². The van der Waals surface area contributed by atoms with Crippen molar-refractivity contribution in [1.82, 2.24) is 24.9 Å². The van der Waals surface area contributed by atoms with E-state index in [0.717, 1.165) is 27.1 Å². The van der Waals surface area contributed by atoms with E-state index in [1.54, 1.807) is 6.20 Å². The number of hydrogen-bond donors (Lipinski definition) is 4. The highest BCUT2D eigenvalue weighted by atomic mass is 35.5. The number of fused-ring (bicyclic) bond motifs is 20. The maximum absolute atomic E-state index is 6.81. The highest BCUT2D eigenvalue weighted by Crippen LogP contribution is 2.42. The Labute approximate surface area is 266 Å². The molecule has 9 rings (SSSR count). The van der Waals surface area contributed by atoms with Crippen molar-refractivity contribution in [2.75, 3.05) is 0 Å². The summed E-state index contributed by atoms with van der Waals surface area (Å²) in [7, 11) is 0. The zero-order valence-electron chi connectivity index (χ0n) is 22.1. The number of pyridine rings is 1. The maximum Gasteiger partial charge on any atom is 0.180 e. The Kier molecular flexibility index (Phi) is 5.52. The van der Waals surface area contributed by atoms with Gasteiger partial charge >= 0.3 is 0 Å². The van der Waals surface area contributed by atoms with Crippen molar-refractivity contribution in [2.24, 2.45) is 20.0 Å². The van der Waals surface area contributed by atoms with Crippen LogP contribution in [-0.2, 0) is 0 Å². The third-order valence-electron chi connectivity index (χ3n) is 7.74. The molecule has 0 saturated heterocycles. The topological polar surface area (TPSA) is 125 Å². The Morgan fingerprint density at radius 3 is 1.66 bits per heavy atom. The van der Waals surface area contributed by atoms with Crippen LogP contribution in [0.25, 0.3) is 43.6 Å². The van der Waals surface area contributed by atoms with Crippen LogP contribution >= 0.6 is 46.4 Å². The van der Waals surface area contributed by atoms with Crippen LogP contribution in [-0.4, -0.2) is 24.9 Å². The molecular formula is C31H15Cl4N9. The van der Waals surface area contributed by atoms with E-state index in [4.69, 9.17) is 71.4 Å². The lowest BCUT2D eigenvalue weighted by atomic mass is 10.2. The van der Waals surface area contributed by atoms with Gasteiger partial charge in [0.05, 0.1) is 36.6 Å². The SMILES string of the molecule is Clc1c(Cl)c(Cl)c2c3[nH]c(c2c1Cl)=Nc1nc(c2ccc[nH]c1-2)N=c1[nH]c(c2ccccc12)=Nc1[nH]c(c2ccccc12)N=3. The molecule has 212 valence electrons. The minimum absolute atomic E-state index is 0.113. The molecule has 0 aliphatic carbocycles. The average molecular weight is 655 g/mol. The quantitative estimate of drug-likeness (QED) is 0.0971. The zero-order chi connectivity index (χ0) is 29.7. The molecule has 0 spiro atoms. The Bertz CT molecular complexity index is 2730. The molecule has 0 fully saturated rings. The van der Waals surface area contributed by atoms with Gasteiger partial charge in [-0.25, -0.2) is 25.0 Å². The van der Waals surface area contributed by atoms with E-state index < -0.39 is 0 Å². The van der Waals surface area contributed by atoms with Crippen LogP contribution in [0.2, 0.25) is 20.1 Å². The number of halogens is 4. The van der Waals surface area contributed by atoms with Crippen LogP contribution in [0.1, 0.15) is 0 Å². The molecule has 0 unspecified atom stereocenters. The number of aromatic nitrogens is 5. The lowest BCUT2D eigenvalue weighted by Gasteiger charge is -2.04. The van der Waals surface area contributed by atoms with E-state index in [1.165, 1.54) is 0 Å². The molecule has 3 aliphatic rings. The molecule has 0 saturated carbocycles. The molecule has 4 N–H and O–H groups in total. The first-order valence-electron chi connectivity index (χ1n) is 13.4. The first-order chi connectivity index (χ1) is 21.5. The molecule has 13 heteroatoms. The van der Waals surface area contributed by atoms with Crippen LogP contribution < -0.4 is 22.0 Å². The van der Waals surface area contributed by atoms with Crippen LogP contribution in [0, 0.1) is 0 Å². The third-order valence-corrected chi connectivity index (χ3v) is 9.54. The summed E-state index contributed by atoms with van der Waals surface area (Å²) in [4.78, 5) is 38.1. The number of rotatable bonds is 0. The molecule has 0 radical (unpaired) electrons. The number of nitrogens with zero attached hydrogens (tertiary/aromatic N) is 5. The second-order valence-electron chi connectivity index (χ2n) is 10.2. The summed E-state index contributed by atoms with van der Waals surface area (Å²) in [5.74, 6) is 2.02. The second-order valence-corrected chi connectivity index (χ2v) is 11.7. The first-order valence-corrected chi connectivity index (χ1v) is 14.9. The minimum atomic E-state index is 0.113. The van der Waals surface area contributed by atoms with Gasteiger partial charge in [0, 0.05) is 33.3 Å². The van der Waals surface area contributed by atoms with Gasteiger partial charge in [-0.15, -0.1) is 0 Å². The third kappa shape index (κ3) is 3.64. The van der Waals surface area contributed by atoms with Crippen molar-refractivity contribution in [2.45, 2.75) is 0 Å². The Morgan fingerprint density at radius 2 is 1.00 bits per heavy atom. The predicted octanol–water partition coefficient (Wildman–Crippen LogP) is 7.69. The molecule has 44 heavy (non-hydrogen) atoms. The monoisotopic (exact) mass is 653 g/mol.